The molecule has 0 heterocycles. The molecule has 0 spiro atoms. The molecule has 2 atom stereocenters. The van der Waals surface area contributed by atoms with Gasteiger partial charge in [-0.05, 0) is 18.3 Å². The molecule has 0 saturated heterocycles. The number of esters is 1. The SMILES string of the molecule is C=CCOC(=O)C(C)CC(C)C(C)C. The molecular weight excluding hydrogens is 176 g/mol. The first kappa shape index (κ1) is 13.2. The van der Waals surface area contributed by atoms with Gasteiger partial charge >= 0.3 is 5.97 Å². The Morgan fingerprint density at radius 3 is 2.36 bits per heavy atom. The van der Waals surface area contributed by atoms with Crippen molar-refractivity contribution in [2.24, 2.45) is 17.8 Å². The van der Waals surface area contributed by atoms with E-state index in [1.54, 1.807) is 6.08 Å². The smallest absolute Gasteiger partial charge is 0.308 e. The average molecular weight is 198 g/mol. The van der Waals surface area contributed by atoms with Gasteiger partial charge in [0.2, 0.25) is 0 Å². The molecule has 14 heavy (non-hydrogen) atoms. The quantitative estimate of drug-likeness (QED) is 0.484. The third-order valence-corrected chi connectivity index (χ3v) is 2.61. The molecule has 2 heteroatoms. The fourth-order valence-corrected chi connectivity index (χ4v) is 1.21. The maximum Gasteiger partial charge on any atom is 0.308 e. The molecule has 0 aliphatic carbocycles. The van der Waals surface area contributed by atoms with E-state index in [9.17, 15) is 4.79 Å². The van der Waals surface area contributed by atoms with Gasteiger partial charge in [0.05, 0.1) is 5.92 Å². The van der Waals surface area contributed by atoms with Crippen LogP contribution in [-0.2, 0) is 9.53 Å². The molecule has 0 aromatic rings. The van der Waals surface area contributed by atoms with Crippen LogP contribution in [-0.4, -0.2) is 12.6 Å². The lowest BCUT2D eigenvalue weighted by Crippen LogP contribution is -2.19. The summed E-state index contributed by atoms with van der Waals surface area (Å²) in [6.45, 7) is 12.3. The van der Waals surface area contributed by atoms with Crippen LogP contribution in [0.25, 0.3) is 0 Å². The predicted octanol–water partition coefficient (Wildman–Crippen LogP) is 3.03. The van der Waals surface area contributed by atoms with Crippen molar-refractivity contribution in [1.82, 2.24) is 0 Å². The zero-order valence-electron chi connectivity index (χ0n) is 9.75. The van der Waals surface area contributed by atoms with Gasteiger partial charge in [-0.15, -0.1) is 0 Å². The molecule has 0 fully saturated rings. The van der Waals surface area contributed by atoms with Crippen LogP contribution >= 0.6 is 0 Å². The van der Waals surface area contributed by atoms with Crippen molar-refractivity contribution >= 4 is 5.97 Å². The summed E-state index contributed by atoms with van der Waals surface area (Å²) in [6, 6.07) is 0. The van der Waals surface area contributed by atoms with E-state index in [1.807, 2.05) is 6.92 Å². The third-order valence-electron chi connectivity index (χ3n) is 2.61. The van der Waals surface area contributed by atoms with Crippen LogP contribution in [0.15, 0.2) is 12.7 Å². The van der Waals surface area contributed by atoms with Gasteiger partial charge in [0.15, 0.2) is 0 Å². The maximum absolute atomic E-state index is 11.4. The topological polar surface area (TPSA) is 26.3 Å². The minimum absolute atomic E-state index is 0.00708. The molecule has 2 unspecified atom stereocenters. The van der Waals surface area contributed by atoms with Gasteiger partial charge in [-0.3, -0.25) is 4.79 Å². The second kappa shape index (κ2) is 6.63. The lowest BCUT2D eigenvalue weighted by molar-refractivity contribution is -0.147. The number of hydrogen-bond acceptors (Lipinski definition) is 2. The lowest BCUT2D eigenvalue weighted by atomic mass is 9.89. The Hall–Kier alpha value is -0.790. The summed E-state index contributed by atoms with van der Waals surface area (Å²) in [5.74, 6) is 1.05. The van der Waals surface area contributed by atoms with E-state index in [-0.39, 0.29) is 11.9 Å². The maximum atomic E-state index is 11.4. The Bertz CT molecular complexity index is 185. The third kappa shape index (κ3) is 5.05. The zero-order chi connectivity index (χ0) is 11.1. The summed E-state index contributed by atoms with van der Waals surface area (Å²) < 4.78 is 4.98. The van der Waals surface area contributed by atoms with Crippen molar-refractivity contribution in [2.45, 2.75) is 34.1 Å². The van der Waals surface area contributed by atoms with Crippen LogP contribution in [0.3, 0.4) is 0 Å². The molecule has 0 aromatic carbocycles. The predicted molar refractivity (Wildman–Crippen MR) is 58.9 cm³/mol. The van der Waals surface area contributed by atoms with Gasteiger partial charge in [0, 0.05) is 0 Å². The summed E-state index contributed by atoms with van der Waals surface area (Å²) in [7, 11) is 0. The Kier molecular flexibility index (Phi) is 6.26. The Balaban J connectivity index is 3.88. The number of carbonyl (C=O) groups is 1. The molecular formula is C12H22O2. The molecule has 82 valence electrons. The second-order valence-corrected chi connectivity index (χ2v) is 4.28. The van der Waals surface area contributed by atoms with Crippen molar-refractivity contribution < 1.29 is 9.53 Å². The van der Waals surface area contributed by atoms with Crippen LogP contribution in [0, 0.1) is 17.8 Å². The molecule has 2 nitrogen and oxygen atoms in total. The summed E-state index contributed by atoms with van der Waals surface area (Å²) in [4.78, 5) is 11.4. The molecule has 0 aliphatic rings. The zero-order valence-corrected chi connectivity index (χ0v) is 9.75. The Morgan fingerprint density at radius 1 is 1.36 bits per heavy atom. The summed E-state index contributed by atoms with van der Waals surface area (Å²) in [6.07, 6.45) is 2.49. The van der Waals surface area contributed by atoms with Crippen molar-refractivity contribution in [3.63, 3.8) is 0 Å². The summed E-state index contributed by atoms with van der Waals surface area (Å²) in [5.41, 5.74) is 0. The van der Waals surface area contributed by atoms with Gasteiger partial charge in [0.25, 0.3) is 0 Å². The van der Waals surface area contributed by atoms with Gasteiger partial charge in [-0.25, -0.2) is 0 Å². The standard InChI is InChI=1S/C12H22O2/c1-6-7-14-12(13)11(5)8-10(4)9(2)3/h6,9-11H,1,7-8H2,2-5H3. The highest BCUT2D eigenvalue weighted by molar-refractivity contribution is 5.72. The van der Waals surface area contributed by atoms with Crippen LogP contribution in [0.4, 0.5) is 0 Å². The van der Waals surface area contributed by atoms with E-state index >= 15 is 0 Å². The fourth-order valence-electron chi connectivity index (χ4n) is 1.21. The van der Waals surface area contributed by atoms with Crippen LogP contribution in [0.1, 0.15) is 34.1 Å². The highest BCUT2D eigenvalue weighted by atomic mass is 16.5. The highest BCUT2D eigenvalue weighted by Crippen LogP contribution is 2.20. The van der Waals surface area contributed by atoms with Gasteiger partial charge in [-0.1, -0.05) is 40.3 Å². The van der Waals surface area contributed by atoms with Crippen LogP contribution < -0.4 is 0 Å². The lowest BCUT2D eigenvalue weighted by Gasteiger charge is -2.18. The molecule has 0 amide bonds. The molecule has 0 aromatic heterocycles. The summed E-state index contributed by atoms with van der Waals surface area (Å²) >= 11 is 0. The molecule has 0 N–H and O–H groups in total. The second-order valence-electron chi connectivity index (χ2n) is 4.28. The van der Waals surface area contributed by atoms with Crippen molar-refractivity contribution in [3.8, 4) is 0 Å². The van der Waals surface area contributed by atoms with Gasteiger partial charge in [0.1, 0.15) is 6.61 Å². The number of carbonyl (C=O) groups excluding carboxylic acids is 1. The molecule has 0 rings (SSSR count). The minimum Gasteiger partial charge on any atom is -0.461 e. The normalized spacial score (nSPS) is 14.9. The largest absolute Gasteiger partial charge is 0.461 e. The van der Waals surface area contributed by atoms with E-state index in [0.717, 1.165) is 6.42 Å². The fraction of sp³-hybridized carbons (Fsp3) is 0.750. The number of rotatable bonds is 6. The van der Waals surface area contributed by atoms with E-state index in [1.165, 1.54) is 0 Å². The van der Waals surface area contributed by atoms with Crippen molar-refractivity contribution in [3.05, 3.63) is 12.7 Å². The van der Waals surface area contributed by atoms with E-state index in [0.29, 0.717) is 18.4 Å². The number of hydrogen-bond donors (Lipinski definition) is 0. The van der Waals surface area contributed by atoms with E-state index < -0.39 is 0 Å². The molecule has 0 radical (unpaired) electrons. The van der Waals surface area contributed by atoms with E-state index in [2.05, 4.69) is 27.4 Å². The first-order valence-electron chi connectivity index (χ1n) is 5.26. The first-order chi connectivity index (χ1) is 6.49. The monoisotopic (exact) mass is 198 g/mol. The van der Waals surface area contributed by atoms with Crippen LogP contribution in [0.2, 0.25) is 0 Å². The van der Waals surface area contributed by atoms with Crippen molar-refractivity contribution in [1.29, 1.82) is 0 Å². The average Bonchev–Trinajstić information content (AvgIpc) is 2.13. The Labute approximate surface area is 87.3 Å². The first-order valence-corrected chi connectivity index (χ1v) is 5.26. The van der Waals surface area contributed by atoms with Crippen LogP contribution in [0.5, 0.6) is 0 Å². The highest BCUT2D eigenvalue weighted by Gasteiger charge is 2.18. The molecule has 0 saturated carbocycles. The summed E-state index contributed by atoms with van der Waals surface area (Å²) in [5, 5.41) is 0. The van der Waals surface area contributed by atoms with Gasteiger partial charge in [-0.2, -0.15) is 0 Å². The number of ether oxygens (including phenoxy) is 1. The minimum atomic E-state index is -0.114. The molecule has 0 aliphatic heterocycles. The Morgan fingerprint density at radius 2 is 1.93 bits per heavy atom. The van der Waals surface area contributed by atoms with Gasteiger partial charge < -0.3 is 4.74 Å². The van der Waals surface area contributed by atoms with E-state index in [4.69, 9.17) is 4.74 Å². The molecule has 0 bridgehead atoms. The van der Waals surface area contributed by atoms with Crippen molar-refractivity contribution in [2.75, 3.05) is 6.61 Å².